The molecule has 0 saturated carbocycles. The number of nitriles is 2. The second-order valence-electron chi connectivity index (χ2n) is 12.0. The molecule has 0 spiro atoms. The number of rotatable bonds is 2. The molecule has 0 amide bonds. The molecule has 6 aromatic rings. The molecular weight excluding hydrogens is 733 g/mol. The Kier molecular flexibility index (Phi) is 6.83. The molecule has 5 heterocycles. The third-order valence-corrected chi connectivity index (χ3v) is 13.2. The van der Waals surface area contributed by atoms with Gasteiger partial charge in [-0.1, -0.05) is 71.2 Å². The molecule has 11 nitrogen and oxygen atoms in total. The Hall–Kier alpha value is -6.46. The van der Waals surface area contributed by atoms with Crippen molar-refractivity contribution in [2.75, 3.05) is 0 Å². The SMILES string of the molecule is [C-]#[N+]C(C#N)=C1C(=Nc2nc3sc4c(c3s2)OC(C)(C)c2c-4sc3nc(N=C4C(=O)c5ccccc5/C4=C(/C#N)[N+]#[C-])sc23)C(=O)c2ccccc21. The zero-order valence-electron chi connectivity index (χ0n) is 26.6. The molecule has 0 atom stereocenters. The van der Waals surface area contributed by atoms with E-state index >= 15 is 0 Å². The van der Waals surface area contributed by atoms with Gasteiger partial charge in [0.25, 0.3) is 11.4 Å². The molecular formula is C37H14N8O3S4. The van der Waals surface area contributed by atoms with E-state index < -0.39 is 5.60 Å². The number of benzene rings is 2. The average molecular weight is 747 g/mol. The van der Waals surface area contributed by atoms with Crippen LogP contribution in [0.5, 0.6) is 5.75 Å². The van der Waals surface area contributed by atoms with Crippen LogP contribution < -0.4 is 4.74 Å². The predicted octanol–water partition coefficient (Wildman–Crippen LogP) is 9.57. The van der Waals surface area contributed by atoms with E-state index in [1.807, 2.05) is 26.0 Å². The van der Waals surface area contributed by atoms with Gasteiger partial charge in [0.1, 0.15) is 31.4 Å². The summed E-state index contributed by atoms with van der Waals surface area (Å²) in [6, 6.07) is 17.5. The van der Waals surface area contributed by atoms with Crippen LogP contribution in [0.25, 0.3) is 49.7 Å². The highest BCUT2D eigenvalue weighted by Gasteiger charge is 2.41. The molecule has 244 valence electrons. The monoisotopic (exact) mass is 746 g/mol. The first-order chi connectivity index (χ1) is 25.2. The van der Waals surface area contributed by atoms with Crippen molar-refractivity contribution in [2.45, 2.75) is 19.4 Å². The Morgan fingerprint density at radius 2 is 1.19 bits per heavy atom. The highest BCUT2D eigenvalue weighted by Crippen LogP contribution is 2.60. The number of ether oxygens (including phenoxy) is 1. The van der Waals surface area contributed by atoms with Gasteiger partial charge in [-0.25, -0.2) is 40.2 Å². The summed E-state index contributed by atoms with van der Waals surface area (Å²) in [5.74, 6) is -0.0810. The van der Waals surface area contributed by atoms with E-state index in [0.29, 0.717) is 47.9 Å². The minimum atomic E-state index is -0.805. The zero-order valence-corrected chi connectivity index (χ0v) is 29.8. The first-order valence-corrected chi connectivity index (χ1v) is 18.5. The van der Waals surface area contributed by atoms with Gasteiger partial charge in [0, 0.05) is 27.8 Å². The summed E-state index contributed by atoms with van der Waals surface area (Å²) in [4.78, 5) is 55.6. The number of thiophene rings is 2. The number of nitrogens with zero attached hydrogens (tertiary/aromatic N) is 8. The number of allylic oxidation sites excluding steroid dienone is 4. The first kappa shape index (κ1) is 31.5. The molecule has 3 aliphatic rings. The van der Waals surface area contributed by atoms with E-state index in [0.717, 1.165) is 24.7 Å². The number of aliphatic imine (C=N–C) groups is 2. The van der Waals surface area contributed by atoms with Crippen LogP contribution >= 0.6 is 45.3 Å². The van der Waals surface area contributed by atoms with Crippen molar-refractivity contribution in [3.63, 3.8) is 0 Å². The summed E-state index contributed by atoms with van der Waals surface area (Å²) in [5, 5.41) is 20.0. The largest absolute Gasteiger partial charge is 0.480 e. The van der Waals surface area contributed by atoms with Crippen LogP contribution in [-0.4, -0.2) is 33.0 Å². The van der Waals surface area contributed by atoms with Gasteiger partial charge in [0.2, 0.25) is 21.8 Å². The second-order valence-corrected chi connectivity index (χ2v) is 16.0. The van der Waals surface area contributed by atoms with E-state index in [1.54, 1.807) is 48.5 Å². The topological polar surface area (TPSA) is 150 Å². The first-order valence-electron chi connectivity index (χ1n) is 15.2. The van der Waals surface area contributed by atoms with Gasteiger partial charge in [0.15, 0.2) is 5.75 Å². The number of carbonyl (C=O) groups is 2. The average Bonchev–Trinajstić information content (AvgIpc) is 3.97. The van der Waals surface area contributed by atoms with Gasteiger partial charge in [-0.15, -0.1) is 22.7 Å². The van der Waals surface area contributed by atoms with Crippen LogP contribution in [0, 0.1) is 35.8 Å². The van der Waals surface area contributed by atoms with Crippen LogP contribution in [0.1, 0.15) is 51.3 Å². The highest BCUT2D eigenvalue weighted by molar-refractivity contribution is 7.35. The van der Waals surface area contributed by atoms with Gasteiger partial charge in [-0.2, -0.15) is 0 Å². The molecule has 0 bridgehead atoms. The van der Waals surface area contributed by atoms with Crippen LogP contribution in [0.2, 0.25) is 0 Å². The fourth-order valence-corrected chi connectivity index (χ4v) is 11.5. The number of hydrogen-bond donors (Lipinski definition) is 0. The summed E-state index contributed by atoms with van der Waals surface area (Å²) in [7, 11) is 0. The number of hydrogen-bond acceptors (Lipinski definition) is 13. The van der Waals surface area contributed by atoms with E-state index in [1.165, 1.54) is 45.3 Å². The molecule has 2 aromatic carbocycles. The van der Waals surface area contributed by atoms with Crippen molar-refractivity contribution in [3.05, 3.63) is 111 Å². The Bertz CT molecular complexity index is 2980. The molecule has 0 radical (unpaired) electrons. The van der Waals surface area contributed by atoms with Gasteiger partial charge in [-0.05, 0) is 25.0 Å². The van der Waals surface area contributed by atoms with Gasteiger partial charge in [0.05, 0.1) is 39.7 Å². The number of aromatic nitrogens is 2. The van der Waals surface area contributed by atoms with E-state index in [9.17, 15) is 20.1 Å². The predicted molar refractivity (Wildman–Crippen MR) is 202 cm³/mol. The van der Waals surface area contributed by atoms with Crippen LogP contribution in [0.15, 0.2) is 69.9 Å². The quantitative estimate of drug-likeness (QED) is 0.126. The smallest absolute Gasteiger partial charge is 0.271 e. The number of fused-ring (bicyclic) bond motifs is 9. The van der Waals surface area contributed by atoms with Crippen molar-refractivity contribution in [1.29, 1.82) is 10.5 Å². The molecule has 0 saturated heterocycles. The van der Waals surface area contributed by atoms with Gasteiger partial charge >= 0.3 is 0 Å². The number of ketones is 2. The van der Waals surface area contributed by atoms with Crippen molar-refractivity contribution in [2.24, 2.45) is 9.98 Å². The summed E-state index contributed by atoms with van der Waals surface area (Å²) < 4.78 is 8.31. The number of carbonyl (C=O) groups excluding carboxylic acids is 2. The molecule has 2 aliphatic carbocycles. The molecule has 9 rings (SSSR count). The van der Waals surface area contributed by atoms with Crippen LogP contribution in [0.4, 0.5) is 10.3 Å². The zero-order chi connectivity index (χ0) is 36.1. The minimum absolute atomic E-state index is 0.0141. The summed E-state index contributed by atoms with van der Waals surface area (Å²) in [6.45, 7) is 19.0. The molecule has 0 fully saturated rings. The summed E-state index contributed by atoms with van der Waals surface area (Å²) >= 11 is 5.49. The molecule has 15 heteroatoms. The third kappa shape index (κ3) is 4.35. The fraction of sp³-hybridized carbons (Fsp3) is 0.0811. The molecule has 0 unspecified atom stereocenters. The van der Waals surface area contributed by atoms with E-state index in [4.69, 9.17) is 27.8 Å². The van der Waals surface area contributed by atoms with Crippen molar-refractivity contribution >= 4 is 109 Å². The lowest BCUT2D eigenvalue weighted by molar-refractivity contribution is 0.106. The van der Waals surface area contributed by atoms with Gasteiger partial charge < -0.3 is 4.74 Å². The molecule has 1 aliphatic heterocycles. The molecule has 4 aromatic heterocycles. The third-order valence-electron chi connectivity index (χ3n) is 8.71. The number of thiazole rings is 2. The molecule has 52 heavy (non-hydrogen) atoms. The van der Waals surface area contributed by atoms with Crippen LogP contribution in [-0.2, 0) is 5.60 Å². The van der Waals surface area contributed by atoms with Crippen LogP contribution in [0.3, 0.4) is 0 Å². The van der Waals surface area contributed by atoms with Crippen molar-refractivity contribution in [3.8, 4) is 27.6 Å². The Morgan fingerprint density at radius 1 is 0.731 bits per heavy atom. The Morgan fingerprint density at radius 3 is 1.69 bits per heavy atom. The molecule has 0 N–H and O–H groups in total. The highest BCUT2D eigenvalue weighted by atomic mass is 32.1. The summed E-state index contributed by atoms with van der Waals surface area (Å²) in [6.07, 6.45) is 0. The Balaban J connectivity index is 1.13. The van der Waals surface area contributed by atoms with Crippen molar-refractivity contribution in [1.82, 2.24) is 9.97 Å². The lowest BCUT2D eigenvalue weighted by Crippen LogP contribution is -2.27. The van der Waals surface area contributed by atoms with Crippen molar-refractivity contribution < 1.29 is 14.3 Å². The van der Waals surface area contributed by atoms with E-state index in [2.05, 4.69) is 19.7 Å². The maximum Gasteiger partial charge on any atom is 0.271 e. The summed E-state index contributed by atoms with van der Waals surface area (Å²) in [5.41, 5.74) is 1.95. The van der Waals surface area contributed by atoms with E-state index in [-0.39, 0.29) is 45.5 Å². The lowest BCUT2D eigenvalue weighted by atomic mass is 9.95. The number of Topliss-reactive ketones (excluding diaryl/α,β-unsaturated/α-hetero) is 2. The second kappa shape index (κ2) is 11.3. The Labute approximate surface area is 309 Å². The van der Waals surface area contributed by atoms with Gasteiger partial charge in [-0.3, -0.25) is 9.59 Å². The maximum atomic E-state index is 13.4. The normalized spacial score (nSPS) is 18.7. The minimum Gasteiger partial charge on any atom is -0.480 e. The standard InChI is InChI=1S/C37H14N8O3S4/c1-37(2)23-29(49-33-30(23)51-35(44-33)42-24-21(19(13-38)40-3)15-9-5-7-11-17(15)26(24)46)31-28(48-37)32-34(50-31)45-36(52-32)43-25-22(20(14-39)41-4)16-10-6-8-12-18(16)27(25)47/h5-12H,1-2H3/b21-19+,22-20?,42-24?,43-25?. The maximum absolute atomic E-state index is 13.4. The lowest BCUT2D eigenvalue weighted by Gasteiger charge is -2.31. The fourth-order valence-electron chi connectivity index (χ4n) is 6.57.